The maximum atomic E-state index is 11.6. The number of nitrogens with two attached hydrogens (primary N) is 1. The molecule has 0 fully saturated rings. The summed E-state index contributed by atoms with van der Waals surface area (Å²) in [6, 6.07) is 3.62. The highest BCUT2D eigenvalue weighted by Crippen LogP contribution is 2.42. The molecule has 0 aliphatic heterocycles. The first-order chi connectivity index (χ1) is 10.9. The molecule has 2 atom stereocenters. The summed E-state index contributed by atoms with van der Waals surface area (Å²) in [6.45, 7) is 4.28. The highest BCUT2D eigenvalue weighted by Gasteiger charge is 2.37. The number of carboxylic acids is 1. The van der Waals surface area contributed by atoms with Gasteiger partial charge in [-0.25, -0.2) is 0 Å². The number of benzene rings is 1. The second-order valence-corrected chi connectivity index (χ2v) is 5.95. The lowest BCUT2D eigenvalue weighted by atomic mass is 9.80. The van der Waals surface area contributed by atoms with Gasteiger partial charge in [0, 0.05) is 11.6 Å². The van der Waals surface area contributed by atoms with E-state index in [4.69, 9.17) is 27.4 Å². The van der Waals surface area contributed by atoms with Crippen LogP contribution in [0.5, 0.6) is 0 Å². The van der Waals surface area contributed by atoms with Crippen LogP contribution in [-0.2, 0) is 17.8 Å². The van der Waals surface area contributed by atoms with Crippen LogP contribution in [0, 0.1) is 5.92 Å². The van der Waals surface area contributed by atoms with Gasteiger partial charge < -0.3 is 20.9 Å². The Morgan fingerprint density at radius 3 is 2.57 bits per heavy atom. The summed E-state index contributed by atoms with van der Waals surface area (Å²) in [7, 11) is -1.34. The molecule has 0 saturated heterocycles. The minimum absolute atomic E-state index is 0.0414. The van der Waals surface area contributed by atoms with Gasteiger partial charge >= 0.3 is 13.1 Å². The van der Waals surface area contributed by atoms with E-state index >= 15 is 0 Å². The lowest BCUT2D eigenvalue weighted by molar-refractivity contribution is -0.139. The molecule has 5 N–H and O–H groups in total. The molecule has 0 radical (unpaired) electrons. The highest BCUT2D eigenvalue weighted by atomic mass is 35.5. The van der Waals surface area contributed by atoms with Gasteiger partial charge in [-0.3, -0.25) is 4.79 Å². The molecule has 0 amide bonds. The molecule has 0 bridgehead atoms. The van der Waals surface area contributed by atoms with E-state index in [0.29, 0.717) is 24.3 Å². The average Bonchev–Trinajstić information content (AvgIpc) is 2.85. The molecular weight excluding hydrogens is 316 g/mol. The summed E-state index contributed by atoms with van der Waals surface area (Å²) in [5.41, 5.74) is 8.14. The first-order valence-corrected chi connectivity index (χ1v) is 8.42. The van der Waals surface area contributed by atoms with Crippen LogP contribution in [0.15, 0.2) is 12.1 Å². The van der Waals surface area contributed by atoms with Crippen molar-refractivity contribution in [3.05, 3.63) is 33.8 Å². The van der Waals surface area contributed by atoms with Gasteiger partial charge in [0.1, 0.15) is 0 Å². The van der Waals surface area contributed by atoms with Crippen LogP contribution in [0.2, 0.25) is 11.3 Å². The molecule has 2 unspecified atom stereocenters. The van der Waals surface area contributed by atoms with Crippen LogP contribution >= 0.6 is 11.6 Å². The zero-order valence-corrected chi connectivity index (χ0v) is 14.4. The van der Waals surface area contributed by atoms with Gasteiger partial charge in [-0.05, 0) is 47.8 Å². The predicted molar refractivity (Wildman–Crippen MR) is 92.5 cm³/mol. The molecule has 23 heavy (non-hydrogen) atoms. The van der Waals surface area contributed by atoms with Crippen LogP contribution in [0.3, 0.4) is 0 Å². The topological polar surface area (TPSA) is 104 Å². The van der Waals surface area contributed by atoms with E-state index in [0.717, 1.165) is 16.7 Å². The normalized spacial score (nSPS) is 18.9. The maximum absolute atomic E-state index is 11.6. The Morgan fingerprint density at radius 1 is 1.39 bits per heavy atom. The lowest BCUT2D eigenvalue weighted by Crippen LogP contribution is -2.19. The zero-order valence-electron chi connectivity index (χ0n) is 13.6. The number of carboxylic acid groups (broad SMARTS) is 1. The van der Waals surface area contributed by atoms with Crippen molar-refractivity contribution in [1.29, 1.82) is 0 Å². The minimum Gasteiger partial charge on any atom is -0.481 e. The predicted octanol–water partition coefficient (Wildman–Crippen LogP) is 2.42. The molecule has 2 rings (SSSR count). The number of hydrogen-bond donors (Lipinski definition) is 4. The molecule has 1 aliphatic carbocycles. The third-order valence-electron chi connectivity index (χ3n) is 4.12. The van der Waals surface area contributed by atoms with Gasteiger partial charge in [0.05, 0.1) is 5.92 Å². The third-order valence-corrected chi connectivity index (χ3v) is 4.47. The van der Waals surface area contributed by atoms with Crippen molar-refractivity contribution in [2.24, 2.45) is 11.7 Å². The summed E-state index contributed by atoms with van der Waals surface area (Å²) in [5.74, 6) is -1.47. The zero-order chi connectivity index (χ0) is 17.6. The van der Waals surface area contributed by atoms with E-state index in [1.807, 2.05) is 19.9 Å². The Hall–Kier alpha value is -1.08. The van der Waals surface area contributed by atoms with E-state index in [1.165, 1.54) is 0 Å². The molecule has 1 aromatic rings. The SMILES string of the molecule is CC.NCc1cc2c(cc1Cl)CC(CCCB(O)O)C2C(=O)O. The molecule has 0 spiro atoms. The molecular formula is C16H25BClNO4. The fraction of sp³-hybridized carbons (Fsp3) is 0.562. The summed E-state index contributed by atoms with van der Waals surface area (Å²) < 4.78 is 0. The quantitative estimate of drug-likeness (QED) is 0.595. The number of hydrogen-bond acceptors (Lipinski definition) is 4. The lowest BCUT2D eigenvalue weighted by Gasteiger charge is -2.16. The van der Waals surface area contributed by atoms with Crippen molar-refractivity contribution in [3.63, 3.8) is 0 Å². The Bertz CT molecular complexity index is 539. The molecule has 5 nitrogen and oxygen atoms in total. The van der Waals surface area contributed by atoms with E-state index in [1.54, 1.807) is 6.07 Å². The summed E-state index contributed by atoms with van der Waals surface area (Å²) in [4.78, 5) is 11.6. The number of aliphatic carboxylic acids is 1. The van der Waals surface area contributed by atoms with Crippen LogP contribution in [0.1, 0.15) is 49.3 Å². The fourth-order valence-electron chi connectivity index (χ4n) is 3.12. The Labute approximate surface area is 142 Å². The molecule has 0 aromatic heterocycles. The summed E-state index contributed by atoms with van der Waals surface area (Å²) in [5, 5.41) is 27.9. The Kier molecular flexibility index (Phi) is 8.05. The number of carbonyl (C=O) groups is 1. The standard InChI is InChI=1S/C14H19BClNO4.C2H6/c16-12-6-9-4-8(2-1-3-15(20)21)13(14(18)19)11(9)5-10(12)7-17;1-2/h5-6,8,13,20-21H,1-4,7,17H2,(H,18,19);1-2H3. The van der Waals surface area contributed by atoms with Gasteiger partial charge in [0.15, 0.2) is 0 Å². The third kappa shape index (κ3) is 4.95. The second kappa shape index (κ2) is 9.28. The van der Waals surface area contributed by atoms with Crippen molar-refractivity contribution < 1.29 is 19.9 Å². The smallest absolute Gasteiger partial charge is 0.451 e. The van der Waals surface area contributed by atoms with E-state index in [2.05, 4.69) is 0 Å². The summed E-state index contributed by atoms with van der Waals surface area (Å²) >= 11 is 6.14. The van der Waals surface area contributed by atoms with Gasteiger partial charge in [-0.2, -0.15) is 0 Å². The van der Waals surface area contributed by atoms with E-state index in [-0.39, 0.29) is 18.8 Å². The van der Waals surface area contributed by atoms with Gasteiger partial charge in [-0.15, -0.1) is 0 Å². The van der Waals surface area contributed by atoms with E-state index < -0.39 is 19.0 Å². The molecule has 1 aliphatic rings. The fourth-order valence-corrected chi connectivity index (χ4v) is 3.38. The van der Waals surface area contributed by atoms with Gasteiger partial charge in [-0.1, -0.05) is 37.9 Å². The van der Waals surface area contributed by atoms with Crippen LogP contribution in [0.25, 0.3) is 0 Å². The van der Waals surface area contributed by atoms with Gasteiger partial charge in [0.2, 0.25) is 0 Å². The van der Waals surface area contributed by atoms with Crippen molar-refractivity contribution in [2.75, 3.05) is 0 Å². The Balaban J connectivity index is 0.00000127. The first-order valence-electron chi connectivity index (χ1n) is 8.04. The maximum Gasteiger partial charge on any atom is 0.451 e. The number of fused-ring (bicyclic) bond motifs is 1. The summed E-state index contributed by atoms with van der Waals surface area (Å²) in [6.07, 6.45) is 2.13. The van der Waals surface area contributed by atoms with Crippen molar-refractivity contribution in [1.82, 2.24) is 0 Å². The average molecular weight is 342 g/mol. The van der Waals surface area contributed by atoms with E-state index in [9.17, 15) is 9.90 Å². The molecule has 0 heterocycles. The van der Waals surface area contributed by atoms with Crippen molar-refractivity contribution >= 4 is 24.7 Å². The van der Waals surface area contributed by atoms with Crippen LogP contribution in [-0.4, -0.2) is 28.2 Å². The minimum atomic E-state index is -1.34. The monoisotopic (exact) mass is 341 g/mol. The highest BCUT2D eigenvalue weighted by molar-refractivity contribution is 6.40. The molecule has 7 heteroatoms. The van der Waals surface area contributed by atoms with Crippen LogP contribution < -0.4 is 5.73 Å². The molecule has 128 valence electrons. The largest absolute Gasteiger partial charge is 0.481 e. The van der Waals surface area contributed by atoms with Gasteiger partial charge in [0.25, 0.3) is 0 Å². The Morgan fingerprint density at radius 2 is 2.04 bits per heavy atom. The molecule has 1 aromatic carbocycles. The second-order valence-electron chi connectivity index (χ2n) is 5.54. The number of halogens is 1. The van der Waals surface area contributed by atoms with Crippen molar-refractivity contribution in [2.45, 2.75) is 51.9 Å². The number of rotatable bonds is 6. The molecule has 0 saturated carbocycles. The first kappa shape index (κ1) is 20.0. The van der Waals surface area contributed by atoms with Crippen LogP contribution in [0.4, 0.5) is 0 Å². The van der Waals surface area contributed by atoms with Crippen molar-refractivity contribution in [3.8, 4) is 0 Å².